The summed E-state index contributed by atoms with van der Waals surface area (Å²) in [5, 5.41) is 2.96. The molecule has 0 aliphatic carbocycles. The van der Waals surface area contributed by atoms with Crippen LogP contribution < -0.4 is 5.32 Å². The molecule has 174 valence electrons. The van der Waals surface area contributed by atoms with Gasteiger partial charge in [0.25, 0.3) is 5.91 Å². The lowest BCUT2D eigenvalue weighted by Gasteiger charge is -2.26. The third kappa shape index (κ3) is 4.49. The van der Waals surface area contributed by atoms with Gasteiger partial charge in [-0.1, -0.05) is 11.6 Å². The zero-order chi connectivity index (χ0) is 23.0. The summed E-state index contributed by atoms with van der Waals surface area (Å²) in [6.07, 6.45) is 1.89. The minimum atomic E-state index is -3.75. The molecule has 0 saturated carbocycles. The van der Waals surface area contributed by atoms with Gasteiger partial charge in [0.2, 0.25) is 10.0 Å². The molecule has 1 atom stereocenters. The van der Waals surface area contributed by atoms with Gasteiger partial charge in [-0.25, -0.2) is 13.4 Å². The van der Waals surface area contributed by atoms with Crippen LogP contribution >= 0.6 is 11.6 Å². The van der Waals surface area contributed by atoms with Crippen molar-refractivity contribution in [2.45, 2.75) is 23.8 Å². The van der Waals surface area contributed by atoms with Gasteiger partial charge in [0.15, 0.2) is 0 Å². The van der Waals surface area contributed by atoms with E-state index in [1.165, 1.54) is 22.5 Å². The Kier molecular flexibility index (Phi) is 6.11. The van der Waals surface area contributed by atoms with E-state index in [2.05, 4.69) is 15.3 Å². The van der Waals surface area contributed by atoms with Gasteiger partial charge in [-0.05, 0) is 49.2 Å². The van der Waals surface area contributed by atoms with Crippen LogP contribution in [0, 0.1) is 0 Å². The zero-order valence-electron chi connectivity index (χ0n) is 17.7. The van der Waals surface area contributed by atoms with Crippen molar-refractivity contribution in [3.05, 3.63) is 52.8 Å². The van der Waals surface area contributed by atoms with Gasteiger partial charge in [0, 0.05) is 25.4 Å². The highest BCUT2D eigenvalue weighted by atomic mass is 35.5. The molecule has 0 radical (unpaired) electrons. The normalized spacial score (nSPS) is 19.7. The summed E-state index contributed by atoms with van der Waals surface area (Å²) in [5.74, 6) is 0.271. The molecule has 2 aliphatic rings. The highest BCUT2D eigenvalue weighted by Crippen LogP contribution is 2.29. The largest absolute Gasteiger partial charge is 0.379 e. The van der Waals surface area contributed by atoms with Crippen molar-refractivity contribution in [2.24, 2.45) is 0 Å². The Labute approximate surface area is 196 Å². The summed E-state index contributed by atoms with van der Waals surface area (Å²) in [4.78, 5) is 20.8. The number of imidazole rings is 1. The number of hydrogen-bond donors (Lipinski definition) is 2. The number of halogens is 1. The number of benzene rings is 2. The standard InChI is InChI=1S/C22H23ClN4O5S/c23-17-5-4-15(33(29,30)27-7-10-31-11-8-27)13-16(17)22(28)24-14-3-6-18-19(12-14)26-21(25-18)20-2-1-9-32-20/h3-6,12-13,20H,1-2,7-11H2,(H,24,28)(H,25,26). The third-order valence-electron chi connectivity index (χ3n) is 5.78. The minimum Gasteiger partial charge on any atom is -0.379 e. The first-order valence-corrected chi connectivity index (χ1v) is 12.5. The van der Waals surface area contributed by atoms with E-state index in [4.69, 9.17) is 21.1 Å². The molecule has 2 N–H and O–H groups in total. The second-order valence-electron chi connectivity index (χ2n) is 7.97. The van der Waals surface area contributed by atoms with Crippen LogP contribution in [-0.4, -0.2) is 61.5 Å². The smallest absolute Gasteiger partial charge is 0.257 e. The predicted octanol–water partition coefficient (Wildman–Crippen LogP) is 3.34. The first-order valence-electron chi connectivity index (χ1n) is 10.7. The molecule has 1 amide bonds. The van der Waals surface area contributed by atoms with Gasteiger partial charge >= 0.3 is 0 Å². The predicted molar refractivity (Wildman–Crippen MR) is 123 cm³/mol. The summed E-state index contributed by atoms with van der Waals surface area (Å²) in [7, 11) is -3.75. The number of aromatic nitrogens is 2. The Hall–Kier alpha value is -2.50. The molecule has 2 aliphatic heterocycles. The molecular formula is C22H23ClN4O5S. The molecule has 2 fully saturated rings. The zero-order valence-corrected chi connectivity index (χ0v) is 19.3. The molecule has 1 unspecified atom stereocenters. The number of morpholine rings is 1. The van der Waals surface area contributed by atoms with Gasteiger partial charge < -0.3 is 19.8 Å². The second kappa shape index (κ2) is 9.03. The fourth-order valence-electron chi connectivity index (χ4n) is 4.03. The number of sulfonamides is 1. The number of hydrogen-bond acceptors (Lipinski definition) is 6. The first kappa shape index (κ1) is 22.3. The molecule has 1 aromatic heterocycles. The number of anilines is 1. The molecule has 2 aromatic carbocycles. The van der Waals surface area contributed by atoms with Crippen LogP contribution in [0.3, 0.4) is 0 Å². The monoisotopic (exact) mass is 490 g/mol. The average molecular weight is 491 g/mol. The molecular weight excluding hydrogens is 468 g/mol. The Morgan fingerprint density at radius 2 is 1.97 bits per heavy atom. The van der Waals surface area contributed by atoms with Crippen molar-refractivity contribution >= 4 is 44.3 Å². The van der Waals surface area contributed by atoms with E-state index in [0.717, 1.165) is 36.3 Å². The van der Waals surface area contributed by atoms with Crippen LogP contribution in [0.5, 0.6) is 0 Å². The maximum atomic E-state index is 13.0. The molecule has 11 heteroatoms. The lowest BCUT2D eigenvalue weighted by atomic mass is 10.2. The van der Waals surface area contributed by atoms with Crippen molar-refractivity contribution in [3.63, 3.8) is 0 Å². The van der Waals surface area contributed by atoms with Crippen molar-refractivity contribution < 1.29 is 22.7 Å². The van der Waals surface area contributed by atoms with Gasteiger partial charge in [0.1, 0.15) is 11.9 Å². The minimum absolute atomic E-state index is 0.0178. The van der Waals surface area contributed by atoms with E-state index in [9.17, 15) is 13.2 Å². The maximum Gasteiger partial charge on any atom is 0.257 e. The summed E-state index contributed by atoms with van der Waals surface area (Å²) < 4.78 is 38.2. The van der Waals surface area contributed by atoms with Crippen molar-refractivity contribution in [2.75, 3.05) is 38.2 Å². The highest BCUT2D eigenvalue weighted by Gasteiger charge is 2.28. The molecule has 0 spiro atoms. The third-order valence-corrected chi connectivity index (χ3v) is 8.01. The Bertz CT molecular complexity index is 1300. The van der Waals surface area contributed by atoms with Crippen LogP contribution in [0.2, 0.25) is 5.02 Å². The van der Waals surface area contributed by atoms with Crippen LogP contribution in [-0.2, 0) is 19.5 Å². The SMILES string of the molecule is O=C(Nc1ccc2nc(C3CCCO3)[nH]c2c1)c1cc(S(=O)(=O)N2CCOCC2)ccc1Cl. The summed E-state index contributed by atoms with van der Waals surface area (Å²) in [5.41, 5.74) is 2.16. The first-order chi connectivity index (χ1) is 15.9. The molecule has 5 rings (SSSR count). The summed E-state index contributed by atoms with van der Waals surface area (Å²) in [6.45, 7) is 1.94. The van der Waals surface area contributed by atoms with Crippen molar-refractivity contribution in [1.82, 2.24) is 14.3 Å². The van der Waals surface area contributed by atoms with E-state index >= 15 is 0 Å². The Morgan fingerprint density at radius 3 is 2.73 bits per heavy atom. The van der Waals surface area contributed by atoms with Crippen LogP contribution in [0.4, 0.5) is 5.69 Å². The average Bonchev–Trinajstić information content (AvgIpc) is 3.49. The number of aromatic amines is 1. The molecule has 3 heterocycles. The molecule has 3 aromatic rings. The van der Waals surface area contributed by atoms with E-state index < -0.39 is 15.9 Å². The number of amides is 1. The summed E-state index contributed by atoms with van der Waals surface area (Å²) in [6, 6.07) is 9.47. The number of carbonyl (C=O) groups excluding carboxylic acids is 1. The molecule has 2 saturated heterocycles. The van der Waals surface area contributed by atoms with E-state index in [1.54, 1.807) is 18.2 Å². The number of nitrogens with one attached hydrogen (secondary N) is 2. The number of H-pyrrole nitrogens is 1. The maximum absolute atomic E-state index is 13.0. The summed E-state index contributed by atoms with van der Waals surface area (Å²) >= 11 is 6.24. The van der Waals surface area contributed by atoms with Crippen LogP contribution in [0.1, 0.15) is 35.1 Å². The number of ether oxygens (including phenoxy) is 2. The molecule has 9 nitrogen and oxygen atoms in total. The number of carbonyl (C=O) groups is 1. The van der Waals surface area contributed by atoms with Crippen molar-refractivity contribution in [1.29, 1.82) is 0 Å². The van der Waals surface area contributed by atoms with E-state index in [1.807, 2.05) is 0 Å². The number of nitrogens with zero attached hydrogens (tertiary/aromatic N) is 2. The van der Waals surface area contributed by atoms with Gasteiger partial charge in [-0.2, -0.15) is 4.31 Å². The van der Waals surface area contributed by atoms with E-state index in [-0.39, 0.29) is 34.7 Å². The van der Waals surface area contributed by atoms with Crippen LogP contribution in [0.25, 0.3) is 11.0 Å². The molecule has 33 heavy (non-hydrogen) atoms. The lowest BCUT2D eigenvalue weighted by molar-refractivity contribution is 0.0730. The van der Waals surface area contributed by atoms with Gasteiger partial charge in [-0.3, -0.25) is 4.79 Å². The van der Waals surface area contributed by atoms with Crippen LogP contribution in [0.15, 0.2) is 41.3 Å². The Morgan fingerprint density at radius 1 is 1.15 bits per heavy atom. The topological polar surface area (TPSA) is 114 Å². The highest BCUT2D eigenvalue weighted by molar-refractivity contribution is 7.89. The quantitative estimate of drug-likeness (QED) is 0.567. The molecule has 0 bridgehead atoms. The van der Waals surface area contributed by atoms with E-state index in [0.29, 0.717) is 18.9 Å². The van der Waals surface area contributed by atoms with Gasteiger partial charge in [0.05, 0.1) is 39.7 Å². The van der Waals surface area contributed by atoms with Gasteiger partial charge in [-0.15, -0.1) is 0 Å². The number of fused-ring (bicyclic) bond motifs is 1. The number of rotatable bonds is 5. The fourth-order valence-corrected chi connectivity index (χ4v) is 5.66. The van der Waals surface area contributed by atoms with Crippen molar-refractivity contribution in [3.8, 4) is 0 Å². The lowest BCUT2D eigenvalue weighted by Crippen LogP contribution is -2.40. The second-order valence-corrected chi connectivity index (χ2v) is 10.3. The Balaban J connectivity index is 1.38. The fraction of sp³-hybridized carbons (Fsp3) is 0.364.